The second kappa shape index (κ2) is 5.63. The molecule has 0 radical (unpaired) electrons. The van der Waals surface area contributed by atoms with E-state index in [0.29, 0.717) is 0 Å². The van der Waals surface area contributed by atoms with E-state index < -0.39 is 0 Å². The van der Waals surface area contributed by atoms with Crippen LogP contribution in [0.1, 0.15) is 22.7 Å². The van der Waals surface area contributed by atoms with Gasteiger partial charge in [-0.2, -0.15) is 11.3 Å². The maximum absolute atomic E-state index is 5.70. The van der Waals surface area contributed by atoms with E-state index in [-0.39, 0.29) is 6.04 Å². The second-order valence-electron chi connectivity index (χ2n) is 3.75. The Hall–Kier alpha value is -0.200. The predicted octanol–water partition coefficient (Wildman–Crippen LogP) is 4.13. The van der Waals surface area contributed by atoms with Crippen molar-refractivity contribution in [2.45, 2.75) is 13.0 Å². The van der Waals surface area contributed by atoms with E-state index in [1.807, 2.05) is 6.07 Å². The van der Waals surface area contributed by atoms with Crippen molar-refractivity contribution in [3.8, 4) is 0 Å². The average Bonchev–Trinajstić information content (AvgIpc) is 2.72. The summed E-state index contributed by atoms with van der Waals surface area (Å²) in [5.41, 5.74) is 6.38. The number of thiophene rings is 1. The molecule has 0 fully saturated rings. The Morgan fingerprint density at radius 3 is 2.59 bits per heavy atom. The normalized spacial score (nSPS) is 12.7. The molecule has 0 aliphatic rings. The molecule has 0 saturated heterocycles. The van der Waals surface area contributed by atoms with Crippen LogP contribution in [-0.4, -0.2) is 0 Å². The lowest BCUT2D eigenvalue weighted by Gasteiger charge is -2.18. The SMILES string of the molecule is Cc1cccc(C(NN)c2cscc2Br)c1Br. The third-order valence-electron chi connectivity index (χ3n) is 2.65. The van der Waals surface area contributed by atoms with Gasteiger partial charge in [0.15, 0.2) is 0 Å². The molecule has 1 heterocycles. The van der Waals surface area contributed by atoms with Crippen LogP contribution in [0.15, 0.2) is 37.9 Å². The van der Waals surface area contributed by atoms with Crippen LogP contribution in [0.2, 0.25) is 0 Å². The minimum Gasteiger partial charge on any atom is -0.271 e. The fourth-order valence-electron chi connectivity index (χ4n) is 1.74. The topological polar surface area (TPSA) is 38.0 Å². The summed E-state index contributed by atoms with van der Waals surface area (Å²) in [5.74, 6) is 5.70. The molecule has 2 nitrogen and oxygen atoms in total. The number of rotatable bonds is 3. The fraction of sp³-hybridized carbons (Fsp3) is 0.167. The lowest BCUT2D eigenvalue weighted by Crippen LogP contribution is -2.29. The van der Waals surface area contributed by atoms with E-state index in [1.165, 1.54) is 5.56 Å². The molecule has 1 unspecified atom stereocenters. The molecule has 2 rings (SSSR count). The predicted molar refractivity (Wildman–Crippen MR) is 80.1 cm³/mol. The minimum absolute atomic E-state index is 0.00935. The molecule has 0 aliphatic carbocycles. The first-order valence-electron chi connectivity index (χ1n) is 5.08. The lowest BCUT2D eigenvalue weighted by atomic mass is 10.0. The van der Waals surface area contributed by atoms with Crippen LogP contribution in [0.4, 0.5) is 0 Å². The van der Waals surface area contributed by atoms with Crippen LogP contribution in [-0.2, 0) is 0 Å². The fourth-order valence-corrected chi connectivity index (χ4v) is 3.78. The zero-order valence-corrected chi connectivity index (χ0v) is 13.2. The smallest absolute Gasteiger partial charge is 0.0740 e. The summed E-state index contributed by atoms with van der Waals surface area (Å²) in [6, 6.07) is 6.18. The van der Waals surface area contributed by atoms with Gasteiger partial charge in [-0.3, -0.25) is 5.84 Å². The van der Waals surface area contributed by atoms with E-state index in [4.69, 9.17) is 5.84 Å². The Balaban J connectivity index is 2.50. The highest BCUT2D eigenvalue weighted by Crippen LogP contribution is 2.35. The van der Waals surface area contributed by atoms with Gasteiger partial charge in [0.2, 0.25) is 0 Å². The molecule has 3 N–H and O–H groups in total. The van der Waals surface area contributed by atoms with Gasteiger partial charge in [0.25, 0.3) is 0 Å². The van der Waals surface area contributed by atoms with E-state index >= 15 is 0 Å². The molecule has 1 atom stereocenters. The molecule has 5 heteroatoms. The zero-order valence-electron chi connectivity index (χ0n) is 9.21. The van der Waals surface area contributed by atoms with E-state index in [9.17, 15) is 0 Å². The van der Waals surface area contributed by atoms with Gasteiger partial charge in [0.05, 0.1) is 6.04 Å². The van der Waals surface area contributed by atoms with Crippen LogP contribution >= 0.6 is 43.2 Å². The van der Waals surface area contributed by atoms with Gasteiger partial charge in [-0.05, 0) is 44.9 Å². The Morgan fingerprint density at radius 1 is 1.24 bits per heavy atom. The number of hydrogen-bond donors (Lipinski definition) is 2. The van der Waals surface area contributed by atoms with Crippen LogP contribution in [0.5, 0.6) is 0 Å². The number of benzene rings is 1. The van der Waals surface area contributed by atoms with Crippen molar-refractivity contribution in [2.75, 3.05) is 0 Å². The quantitative estimate of drug-likeness (QED) is 0.625. The summed E-state index contributed by atoms with van der Waals surface area (Å²) in [4.78, 5) is 0. The number of hydrogen-bond acceptors (Lipinski definition) is 3. The molecule has 1 aromatic heterocycles. The van der Waals surface area contributed by atoms with Gasteiger partial charge in [-0.1, -0.05) is 34.1 Å². The third-order valence-corrected chi connectivity index (χ3v) is 5.49. The molecule has 1 aromatic carbocycles. The lowest BCUT2D eigenvalue weighted by molar-refractivity contribution is 0.634. The van der Waals surface area contributed by atoms with Crippen molar-refractivity contribution in [1.29, 1.82) is 0 Å². The Kier molecular flexibility index (Phi) is 4.38. The van der Waals surface area contributed by atoms with Gasteiger partial charge in [0, 0.05) is 14.3 Å². The summed E-state index contributed by atoms with van der Waals surface area (Å²) in [5, 5.41) is 4.16. The molecule has 0 saturated carbocycles. The number of nitrogens with one attached hydrogen (secondary N) is 1. The maximum Gasteiger partial charge on any atom is 0.0740 e. The van der Waals surface area contributed by atoms with E-state index in [1.54, 1.807) is 11.3 Å². The average molecular weight is 376 g/mol. The summed E-state index contributed by atoms with van der Waals surface area (Å²) in [7, 11) is 0. The first-order chi connectivity index (χ1) is 8.15. The monoisotopic (exact) mass is 374 g/mol. The minimum atomic E-state index is -0.00935. The first kappa shape index (κ1) is 13.2. The summed E-state index contributed by atoms with van der Waals surface area (Å²) >= 11 is 8.83. The molecule has 0 spiro atoms. The molecule has 0 bridgehead atoms. The highest BCUT2D eigenvalue weighted by Gasteiger charge is 2.19. The number of hydrazine groups is 1. The molecule has 90 valence electrons. The van der Waals surface area contributed by atoms with Crippen LogP contribution in [0.25, 0.3) is 0 Å². The zero-order chi connectivity index (χ0) is 12.4. The molecule has 0 amide bonds. The molecular weight excluding hydrogens is 364 g/mol. The number of halogens is 2. The maximum atomic E-state index is 5.70. The van der Waals surface area contributed by atoms with Crippen LogP contribution < -0.4 is 11.3 Å². The van der Waals surface area contributed by atoms with E-state index in [2.05, 4.69) is 67.1 Å². The highest BCUT2D eigenvalue weighted by atomic mass is 79.9. The van der Waals surface area contributed by atoms with Crippen LogP contribution in [0.3, 0.4) is 0 Å². The van der Waals surface area contributed by atoms with Crippen molar-refractivity contribution in [1.82, 2.24) is 5.43 Å². The van der Waals surface area contributed by atoms with Gasteiger partial charge < -0.3 is 0 Å². The van der Waals surface area contributed by atoms with Gasteiger partial charge in [0.1, 0.15) is 0 Å². The Labute approximate surface area is 121 Å². The molecule has 17 heavy (non-hydrogen) atoms. The largest absolute Gasteiger partial charge is 0.271 e. The van der Waals surface area contributed by atoms with Crippen LogP contribution in [0, 0.1) is 6.92 Å². The number of nitrogens with two attached hydrogens (primary N) is 1. The van der Waals surface area contributed by atoms with Crippen molar-refractivity contribution in [3.63, 3.8) is 0 Å². The van der Waals surface area contributed by atoms with Crippen molar-refractivity contribution >= 4 is 43.2 Å². The van der Waals surface area contributed by atoms with Crippen molar-refractivity contribution < 1.29 is 0 Å². The van der Waals surface area contributed by atoms with Crippen molar-refractivity contribution in [2.24, 2.45) is 5.84 Å². The third kappa shape index (κ3) is 2.63. The summed E-state index contributed by atoms with van der Waals surface area (Å²) < 4.78 is 2.18. The summed E-state index contributed by atoms with van der Waals surface area (Å²) in [6.45, 7) is 2.07. The van der Waals surface area contributed by atoms with Gasteiger partial charge in [-0.15, -0.1) is 0 Å². The summed E-state index contributed by atoms with van der Waals surface area (Å²) in [6.07, 6.45) is 0. The molecular formula is C12H12Br2N2S. The second-order valence-corrected chi connectivity index (χ2v) is 6.14. The highest BCUT2D eigenvalue weighted by molar-refractivity contribution is 9.11. The first-order valence-corrected chi connectivity index (χ1v) is 7.60. The molecule has 2 aromatic rings. The van der Waals surface area contributed by atoms with Gasteiger partial charge >= 0.3 is 0 Å². The van der Waals surface area contributed by atoms with Gasteiger partial charge in [-0.25, -0.2) is 5.43 Å². The Bertz CT molecular complexity index is 525. The molecule has 0 aliphatic heterocycles. The van der Waals surface area contributed by atoms with E-state index in [0.717, 1.165) is 20.1 Å². The number of aryl methyl sites for hydroxylation is 1. The van der Waals surface area contributed by atoms with Crippen molar-refractivity contribution in [3.05, 3.63) is 54.6 Å². The Morgan fingerprint density at radius 2 is 2.00 bits per heavy atom. The standard InChI is InChI=1S/C12H12Br2N2S/c1-7-3-2-4-8(11(7)14)12(16-15)9-5-17-6-10(9)13/h2-6,12,16H,15H2,1H3.